The van der Waals surface area contributed by atoms with Gasteiger partial charge in [-0.25, -0.2) is 0 Å². The molecule has 0 unspecified atom stereocenters. The third kappa shape index (κ3) is 6.31. The molecular formula is C5H12OS. The fraction of sp³-hybridized carbons (Fsp3) is 1.00. The summed E-state index contributed by atoms with van der Waals surface area (Å²) in [7, 11) is 0. The normalized spacial score (nSPS) is 12.0. The van der Waals surface area contributed by atoms with Gasteiger partial charge in [0.05, 0.1) is 5.60 Å². The zero-order chi connectivity index (χ0) is 5.91. The van der Waals surface area contributed by atoms with Crippen molar-refractivity contribution in [1.29, 1.82) is 0 Å². The highest BCUT2D eigenvalue weighted by molar-refractivity contribution is 7.80. The van der Waals surface area contributed by atoms with E-state index in [9.17, 15) is 0 Å². The molecule has 0 aliphatic carbocycles. The summed E-state index contributed by atoms with van der Waals surface area (Å²) >= 11 is 3.95. The van der Waals surface area contributed by atoms with Gasteiger partial charge in [-0.05, 0) is 26.0 Å². The van der Waals surface area contributed by atoms with Gasteiger partial charge in [0.2, 0.25) is 0 Å². The molecule has 0 aliphatic heterocycles. The summed E-state index contributed by atoms with van der Waals surface area (Å²) < 4.78 is 0. The highest BCUT2D eigenvalue weighted by atomic mass is 32.1. The Labute approximate surface area is 50.1 Å². The van der Waals surface area contributed by atoms with E-state index in [4.69, 9.17) is 5.11 Å². The van der Waals surface area contributed by atoms with Crippen molar-refractivity contribution in [1.82, 2.24) is 0 Å². The lowest BCUT2D eigenvalue weighted by Crippen LogP contribution is -2.18. The highest BCUT2D eigenvalue weighted by Gasteiger charge is 2.08. The molecule has 0 rings (SSSR count). The van der Waals surface area contributed by atoms with E-state index in [1.807, 2.05) is 0 Å². The zero-order valence-corrected chi connectivity index (χ0v) is 5.70. The largest absolute Gasteiger partial charge is 0.390 e. The first-order valence-electron chi connectivity index (χ1n) is 2.39. The predicted octanol–water partition coefficient (Wildman–Crippen LogP) is 1.08. The Morgan fingerprint density at radius 1 is 1.57 bits per heavy atom. The number of hydrogen-bond acceptors (Lipinski definition) is 2. The summed E-state index contributed by atoms with van der Waals surface area (Å²) in [5, 5.41) is 8.97. The van der Waals surface area contributed by atoms with E-state index in [1.54, 1.807) is 13.8 Å². The Bertz CT molecular complexity index is 46.5. The second-order valence-electron chi connectivity index (χ2n) is 2.29. The lowest BCUT2D eigenvalue weighted by atomic mass is 10.1. The van der Waals surface area contributed by atoms with E-state index in [0.717, 1.165) is 12.2 Å². The van der Waals surface area contributed by atoms with Gasteiger partial charge in [0.15, 0.2) is 0 Å². The van der Waals surface area contributed by atoms with E-state index >= 15 is 0 Å². The van der Waals surface area contributed by atoms with Crippen molar-refractivity contribution in [2.75, 3.05) is 5.75 Å². The molecule has 0 aliphatic rings. The summed E-state index contributed by atoms with van der Waals surface area (Å²) in [5.41, 5.74) is -0.526. The number of rotatable bonds is 2. The smallest absolute Gasteiger partial charge is 0.0599 e. The fourth-order valence-corrected chi connectivity index (χ4v) is 0.821. The molecule has 0 fully saturated rings. The Balaban J connectivity index is 3.15. The van der Waals surface area contributed by atoms with Crippen LogP contribution < -0.4 is 0 Å². The monoisotopic (exact) mass is 120 g/mol. The first-order chi connectivity index (χ1) is 3.06. The minimum Gasteiger partial charge on any atom is -0.390 e. The second kappa shape index (κ2) is 2.58. The van der Waals surface area contributed by atoms with Crippen LogP contribution in [0.5, 0.6) is 0 Å². The lowest BCUT2D eigenvalue weighted by molar-refractivity contribution is 0.0779. The van der Waals surface area contributed by atoms with Gasteiger partial charge in [0.25, 0.3) is 0 Å². The third-order valence-electron chi connectivity index (χ3n) is 0.724. The molecule has 1 N–H and O–H groups in total. The van der Waals surface area contributed by atoms with E-state index < -0.39 is 5.60 Å². The van der Waals surface area contributed by atoms with Gasteiger partial charge in [0, 0.05) is 0 Å². The number of thiol groups is 1. The quantitative estimate of drug-likeness (QED) is 0.522. The molecule has 0 saturated heterocycles. The molecule has 0 aromatic carbocycles. The molecule has 0 atom stereocenters. The maximum absolute atomic E-state index is 8.97. The summed E-state index contributed by atoms with van der Waals surface area (Å²) in [5.74, 6) is 0.753. The maximum Gasteiger partial charge on any atom is 0.0599 e. The Hall–Kier alpha value is 0.310. The van der Waals surface area contributed by atoms with E-state index in [-0.39, 0.29) is 0 Å². The van der Waals surface area contributed by atoms with Gasteiger partial charge in [-0.2, -0.15) is 12.6 Å². The van der Waals surface area contributed by atoms with E-state index in [2.05, 4.69) is 12.6 Å². The van der Waals surface area contributed by atoms with Gasteiger partial charge in [0.1, 0.15) is 0 Å². The fourth-order valence-electron chi connectivity index (χ4n) is 0.274. The zero-order valence-electron chi connectivity index (χ0n) is 4.81. The van der Waals surface area contributed by atoms with Crippen LogP contribution in [0.4, 0.5) is 0 Å². The first-order valence-corrected chi connectivity index (χ1v) is 3.03. The number of aliphatic hydroxyl groups is 1. The van der Waals surface area contributed by atoms with Gasteiger partial charge in [-0.15, -0.1) is 0 Å². The van der Waals surface area contributed by atoms with Crippen LogP contribution in [0.2, 0.25) is 0 Å². The first kappa shape index (κ1) is 7.31. The molecule has 7 heavy (non-hydrogen) atoms. The van der Waals surface area contributed by atoms with Gasteiger partial charge >= 0.3 is 0 Å². The van der Waals surface area contributed by atoms with Crippen molar-refractivity contribution in [3.8, 4) is 0 Å². The van der Waals surface area contributed by atoms with Crippen molar-refractivity contribution in [3.63, 3.8) is 0 Å². The van der Waals surface area contributed by atoms with Crippen LogP contribution in [-0.4, -0.2) is 16.5 Å². The second-order valence-corrected chi connectivity index (χ2v) is 2.73. The average Bonchev–Trinajstić information content (AvgIpc) is 1.30. The van der Waals surface area contributed by atoms with Gasteiger partial charge < -0.3 is 5.11 Å². The van der Waals surface area contributed by atoms with Crippen LogP contribution in [0.3, 0.4) is 0 Å². The SMILES string of the molecule is CC(C)(O)CCS. The Morgan fingerprint density at radius 2 is 2.00 bits per heavy atom. The molecule has 1 nitrogen and oxygen atoms in total. The molecule has 0 radical (unpaired) electrons. The van der Waals surface area contributed by atoms with Crippen molar-refractivity contribution >= 4 is 12.6 Å². The predicted molar refractivity (Wildman–Crippen MR) is 34.8 cm³/mol. The van der Waals surface area contributed by atoms with E-state index in [0.29, 0.717) is 0 Å². The summed E-state index contributed by atoms with van der Waals surface area (Å²) in [4.78, 5) is 0. The van der Waals surface area contributed by atoms with Crippen molar-refractivity contribution in [2.24, 2.45) is 0 Å². The van der Waals surface area contributed by atoms with Crippen molar-refractivity contribution in [2.45, 2.75) is 25.9 Å². The average molecular weight is 120 g/mol. The molecule has 0 aromatic rings. The highest BCUT2D eigenvalue weighted by Crippen LogP contribution is 2.06. The molecular weight excluding hydrogens is 108 g/mol. The summed E-state index contributed by atoms with van der Waals surface area (Å²) in [6, 6.07) is 0. The van der Waals surface area contributed by atoms with E-state index in [1.165, 1.54) is 0 Å². The van der Waals surface area contributed by atoms with Crippen molar-refractivity contribution in [3.05, 3.63) is 0 Å². The van der Waals surface area contributed by atoms with Gasteiger partial charge in [-0.3, -0.25) is 0 Å². The van der Waals surface area contributed by atoms with Crippen LogP contribution >= 0.6 is 12.6 Å². The summed E-state index contributed by atoms with van der Waals surface area (Å²) in [6.07, 6.45) is 0.760. The molecule has 0 saturated carbocycles. The van der Waals surface area contributed by atoms with Crippen LogP contribution in [0.1, 0.15) is 20.3 Å². The third-order valence-corrected chi connectivity index (χ3v) is 0.947. The number of hydrogen-bond donors (Lipinski definition) is 2. The Kier molecular flexibility index (Phi) is 2.69. The molecule has 0 spiro atoms. The maximum atomic E-state index is 8.97. The lowest BCUT2D eigenvalue weighted by Gasteiger charge is -2.13. The van der Waals surface area contributed by atoms with Crippen LogP contribution in [0, 0.1) is 0 Å². The molecule has 2 heteroatoms. The molecule has 0 amide bonds. The minimum absolute atomic E-state index is 0.526. The van der Waals surface area contributed by atoms with Crippen LogP contribution in [0.15, 0.2) is 0 Å². The topological polar surface area (TPSA) is 20.2 Å². The van der Waals surface area contributed by atoms with Crippen LogP contribution in [-0.2, 0) is 0 Å². The minimum atomic E-state index is -0.526. The molecule has 0 aromatic heterocycles. The standard InChI is InChI=1S/C5H12OS/c1-5(2,6)3-4-7/h6-7H,3-4H2,1-2H3. The summed E-state index contributed by atoms with van der Waals surface area (Å²) in [6.45, 7) is 3.56. The van der Waals surface area contributed by atoms with Crippen molar-refractivity contribution < 1.29 is 5.11 Å². The molecule has 0 heterocycles. The Morgan fingerprint density at radius 3 is 2.00 bits per heavy atom. The van der Waals surface area contributed by atoms with Gasteiger partial charge in [-0.1, -0.05) is 0 Å². The van der Waals surface area contributed by atoms with Crippen LogP contribution in [0.25, 0.3) is 0 Å². The molecule has 0 bridgehead atoms. The molecule has 44 valence electrons.